The van der Waals surface area contributed by atoms with E-state index in [0.717, 1.165) is 12.5 Å². The normalized spacial score (nSPS) is 17.9. The SMILES string of the molecule is CCN=C(NC(C)CCC(C)(C)C)NC1CC1.I. The largest absolute Gasteiger partial charge is 0.354 e. The number of nitrogens with zero attached hydrogens (tertiary/aromatic N) is 1. The summed E-state index contributed by atoms with van der Waals surface area (Å²) in [4.78, 5) is 4.48. The fourth-order valence-electron chi connectivity index (χ4n) is 1.67. The van der Waals surface area contributed by atoms with Crippen LogP contribution in [0.3, 0.4) is 0 Å². The summed E-state index contributed by atoms with van der Waals surface area (Å²) in [7, 11) is 0. The first-order valence-corrected chi connectivity index (χ1v) is 6.98. The van der Waals surface area contributed by atoms with Gasteiger partial charge in [0.05, 0.1) is 0 Å². The van der Waals surface area contributed by atoms with E-state index in [0.29, 0.717) is 17.5 Å². The van der Waals surface area contributed by atoms with Crippen LogP contribution in [0.2, 0.25) is 0 Å². The molecule has 1 aliphatic rings. The quantitative estimate of drug-likeness (QED) is 0.443. The molecule has 4 heteroatoms. The van der Waals surface area contributed by atoms with Gasteiger partial charge >= 0.3 is 0 Å². The first-order chi connectivity index (χ1) is 7.90. The molecular formula is C14H30IN3. The first-order valence-electron chi connectivity index (χ1n) is 6.98. The van der Waals surface area contributed by atoms with Crippen molar-refractivity contribution in [1.29, 1.82) is 0 Å². The number of hydrogen-bond donors (Lipinski definition) is 2. The maximum atomic E-state index is 4.48. The summed E-state index contributed by atoms with van der Waals surface area (Å²) in [5.41, 5.74) is 0.419. The molecule has 0 bridgehead atoms. The van der Waals surface area contributed by atoms with Gasteiger partial charge in [-0.25, -0.2) is 0 Å². The Bertz CT molecular complexity index is 254. The molecule has 1 atom stereocenters. The minimum Gasteiger partial charge on any atom is -0.354 e. The molecule has 18 heavy (non-hydrogen) atoms. The van der Waals surface area contributed by atoms with E-state index < -0.39 is 0 Å². The molecular weight excluding hydrogens is 337 g/mol. The third kappa shape index (κ3) is 9.00. The molecule has 1 fully saturated rings. The maximum Gasteiger partial charge on any atom is 0.191 e. The molecule has 1 rings (SSSR count). The standard InChI is InChI=1S/C14H29N3.HI/c1-6-15-13(17-12-7-8-12)16-11(2)9-10-14(3,4)5;/h11-12H,6-10H2,1-5H3,(H2,15,16,17);1H. The number of rotatable bonds is 5. The lowest BCUT2D eigenvalue weighted by Gasteiger charge is -2.23. The van der Waals surface area contributed by atoms with Crippen molar-refractivity contribution in [3.8, 4) is 0 Å². The van der Waals surface area contributed by atoms with Gasteiger partial charge in [-0.05, 0) is 44.9 Å². The minimum atomic E-state index is 0. The van der Waals surface area contributed by atoms with E-state index >= 15 is 0 Å². The monoisotopic (exact) mass is 367 g/mol. The lowest BCUT2D eigenvalue weighted by molar-refractivity contribution is 0.346. The van der Waals surface area contributed by atoms with Crippen LogP contribution in [0.25, 0.3) is 0 Å². The van der Waals surface area contributed by atoms with E-state index in [1.165, 1.54) is 25.7 Å². The van der Waals surface area contributed by atoms with Gasteiger partial charge in [0.15, 0.2) is 5.96 Å². The average Bonchev–Trinajstić information content (AvgIpc) is 2.98. The summed E-state index contributed by atoms with van der Waals surface area (Å²) in [5.74, 6) is 0.997. The maximum absolute atomic E-state index is 4.48. The Morgan fingerprint density at radius 3 is 2.39 bits per heavy atom. The van der Waals surface area contributed by atoms with Crippen molar-refractivity contribution in [3.05, 3.63) is 0 Å². The number of halogens is 1. The van der Waals surface area contributed by atoms with Gasteiger partial charge in [0.1, 0.15) is 0 Å². The second kappa shape index (κ2) is 8.23. The van der Waals surface area contributed by atoms with E-state index in [2.05, 4.69) is 50.2 Å². The van der Waals surface area contributed by atoms with Crippen LogP contribution >= 0.6 is 24.0 Å². The van der Waals surface area contributed by atoms with Crippen LogP contribution in [0.1, 0.15) is 60.3 Å². The predicted octanol–water partition coefficient (Wildman–Crippen LogP) is 3.54. The predicted molar refractivity (Wildman–Crippen MR) is 90.8 cm³/mol. The van der Waals surface area contributed by atoms with Crippen LogP contribution in [0.15, 0.2) is 4.99 Å². The summed E-state index contributed by atoms with van der Waals surface area (Å²) in [6.45, 7) is 12.0. The van der Waals surface area contributed by atoms with Crippen molar-refractivity contribution < 1.29 is 0 Å². The van der Waals surface area contributed by atoms with Crippen molar-refractivity contribution in [2.24, 2.45) is 10.4 Å². The topological polar surface area (TPSA) is 36.4 Å². The zero-order valence-corrected chi connectivity index (χ0v) is 14.9. The highest BCUT2D eigenvalue weighted by atomic mass is 127. The molecule has 1 saturated carbocycles. The second-order valence-corrected chi connectivity index (χ2v) is 6.39. The minimum absolute atomic E-state index is 0. The van der Waals surface area contributed by atoms with Gasteiger partial charge in [-0.1, -0.05) is 20.8 Å². The highest BCUT2D eigenvalue weighted by molar-refractivity contribution is 14.0. The molecule has 1 aliphatic carbocycles. The van der Waals surface area contributed by atoms with E-state index in [1.54, 1.807) is 0 Å². The summed E-state index contributed by atoms with van der Waals surface area (Å²) in [5, 5.41) is 6.96. The number of aliphatic imine (C=N–C) groups is 1. The molecule has 0 radical (unpaired) electrons. The first kappa shape index (κ1) is 18.0. The molecule has 1 unspecified atom stereocenters. The van der Waals surface area contributed by atoms with Gasteiger partial charge in [-0.15, -0.1) is 24.0 Å². The van der Waals surface area contributed by atoms with E-state index in [-0.39, 0.29) is 24.0 Å². The highest BCUT2D eigenvalue weighted by Gasteiger charge is 2.23. The summed E-state index contributed by atoms with van der Waals surface area (Å²) in [6, 6.07) is 1.16. The molecule has 0 heterocycles. The third-order valence-electron chi connectivity index (χ3n) is 2.94. The molecule has 0 aromatic carbocycles. The summed E-state index contributed by atoms with van der Waals surface area (Å²) < 4.78 is 0. The Morgan fingerprint density at radius 2 is 1.94 bits per heavy atom. The second-order valence-electron chi connectivity index (χ2n) is 6.39. The zero-order chi connectivity index (χ0) is 12.9. The highest BCUT2D eigenvalue weighted by Crippen LogP contribution is 2.21. The van der Waals surface area contributed by atoms with Gasteiger partial charge in [0.2, 0.25) is 0 Å². The van der Waals surface area contributed by atoms with Gasteiger partial charge in [0, 0.05) is 18.6 Å². The smallest absolute Gasteiger partial charge is 0.191 e. The van der Waals surface area contributed by atoms with E-state index in [1.807, 2.05) is 0 Å². The molecule has 3 nitrogen and oxygen atoms in total. The van der Waals surface area contributed by atoms with Gasteiger partial charge in [-0.2, -0.15) is 0 Å². The van der Waals surface area contributed by atoms with Crippen LogP contribution in [0, 0.1) is 5.41 Å². The average molecular weight is 367 g/mol. The van der Waals surface area contributed by atoms with Crippen LogP contribution in [-0.4, -0.2) is 24.6 Å². The van der Waals surface area contributed by atoms with Crippen molar-refractivity contribution in [2.45, 2.75) is 72.4 Å². The number of nitrogens with one attached hydrogen (secondary N) is 2. The summed E-state index contributed by atoms with van der Waals surface area (Å²) in [6.07, 6.45) is 5.02. The van der Waals surface area contributed by atoms with Crippen LogP contribution in [-0.2, 0) is 0 Å². The fourth-order valence-corrected chi connectivity index (χ4v) is 1.67. The Balaban J connectivity index is 0.00000289. The van der Waals surface area contributed by atoms with Crippen LogP contribution in [0.5, 0.6) is 0 Å². The molecule has 0 saturated heterocycles. The molecule has 2 N–H and O–H groups in total. The van der Waals surface area contributed by atoms with E-state index in [9.17, 15) is 0 Å². The fraction of sp³-hybridized carbons (Fsp3) is 0.929. The molecule has 0 aromatic heterocycles. The molecule has 0 amide bonds. The molecule has 0 aliphatic heterocycles. The van der Waals surface area contributed by atoms with Crippen molar-refractivity contribution >= 4 is 29.9 Å². The van der Waals surface area contributed by atoms with Gasteiger partial charge < -0.3 is 10.6 Å². The molecule has 0 spiro atoms. The Hall–Kier alpha value is 0. The molecule has 0 aromatic rings. The van der Waals surface area contributed by atoms with Crippen molar-refractivity contribution in [3.63, 3.8) is 0 Å². The van der Waals surface area contributed by atoms with Crippen molar-refractivity contribution in [1.82, 2.24) is 10.6 Å². The summed E-state index contributed by atoms with van der Waals surface area (Å²) >= 11 is 0. The molecule has 108 valence electrons. The van der Waals surface area contributed by atoms with Gasteiger partial charge in [-0.3, -0.25) is 4.99 Å². The third-order valence-corrected chi connectivity index (χ3v) is 2.94. The zero-order valence-electron chi connectivity index (χ0n) is 12.5. The lowest BCUT2D eigenvalue weighted by Crippen LogP contribution is -2.43. The van der Waals surface area contributed by atoms with Crippen LogP contribution in [0.4, 0.5) is 0 Å². The lowest BCUT2D eigenvalue weighted by atomic mass is 9.89. The Labute approximate surface area is 130 Å². The van der Waals surface area contributed by atoms with E-state index in [4.69, 9.17) is 0 Å². The Morgan fingerprint density at radius 1 is 1.33 bits per heavy atom. The Kier molecular flexibility index (Phi) is 8.23. The number of guanidine groups is 1. The van der Waals surface area contributed by atoms with Crippen molar-refractivity contribution in [2.75, 3.05) is 6.54 Å². The van der Waals surface area contributed by atoms with Crippen LogP contribution < -0.4 is 10.6 Å². The van der Waals surface area contributed by atoms with Gasteiger partial charge in [0.25, 0.3) is 0 Å². The number of hydrogen-bond acceptors (Lipinski definition) is 1.